The average Bonchev–Trinajstić information content (AvgIpc) is 3.17. The van der Waals surface area contributed by atoms with Crippen molar-refractivity contribution in [3.8, 4) is 17.2 Å². The average molecular weight is 452 g/mol. The van der Waals surface area contributed by atoms with E-state index in [4.69, 9.17) is 33.0 Å². The number of anilines is 1. The van der Waals surface area contributed by atoms with Gasteiger partial charge in [-0.05, 0) is 73.2 Å². The highest BCUT2D eigenvalue weighted by atomic mass is 35.5. The number of hydrogen-bond donors (Lipinski definition) is 2. The van der Waals surface area contributed by atoms with Crippen molar-refractivity contribution in [3.05, 3.63) is 76.8 Å². The lowest BCUT2D eigenvalue weighted by atomic mass is 10.2. The second kappa shape index (κ2) is 8.75. The topological polar surface area (TPSA) is 76.4 Å². The van der Waals surface area contributed by atoms with Gasteiger partial charge in [0.15, 0.2) is 10.7 Å². The molecule has 6 nitrogen and oxygen atoms in total. The largest absolute Gasteiger partial charge is 0.495 e. The number of hydrogen-bond acceptors (Lipinski definition) is 5. The number of nitrogens with zero attached hydrogens (tertiary/aromatic N) is 1. The van der Waals surface area contributed by atoms with Gasteiger partial charge in [-0.15, -0.1) is 0 Å². The molecule has 0 radical (unpaired) electrons. The Balaban J connectivity index is 1.47. The van der Waals surface area contributed by atoms with Crippen molar-refractivity contribution in [1.29, 1.82) is 0 Å². The van der Waals surface area contributed by atoms with Gasteiger partial charge in [0.05, 0.1) is 12.1 Å². The van der Waals surface area contributed by atoms with Crippen LogP contribution in [0.3, 0.4) is 0 Å². The van der Waals surface area contributed by atoms with Crippen LogP contribution in [0, 0.1) is 6.92 Å². The summed E-state index contributed by atoms with van der Waals surface area (Å²) in [6, 6.07) is 18.0. The molecule has 31 heavy (non-hydrogen) atoms. The van der Waals surface area contributed by atoms with Crippen LogP contribution in [0.25, 0.3) is 22.6 Å². The molecule has 1 heterocycles. The monoisotopic (exact) mass is 451 g/mol. The molecule has 0 unspecified atom stereocenters. The van der Waals surface area contributed by atoms with E-state index in [9.17, 15) is 4.79 Å². The number of benzene rings is 3. The van der Waals surface area contributed by atoms with Crippen LogP contribution in [-0.4, -0.2) is 23.1 Å². The number of fused-ring (bicyclic) bond motifs is 1. The zero-order valence-electron chi connectivity index (χ0n) is 16.7. The Morgan fingerprint density at radius 3 is 2.74 bits per heavy atom. The third-order valence-corrected chi connectivity index (χ3v) is 5.05. The summed E-state index contributed by atoms with van der Waals surface area (Å²) in [4.78, 5) is 17.0. The molecule has 1 amide bonds. The highest BCUT2D eigenvalue weighted by molar-refractivity contribution is 7.80. The molecule has 0 aliphatic carbocycles. The molecule has 8 heteroatoms. The van der Waals surface area contributed by atoms with E-state index in [1.165, 1.54) is 13.2 Å². The molecule has 1 aromatic heterocycles. The van der Waals surface area contributed by atoms with Crippen molar-refractivity contribution in [3.63, 3.8) is 0 Å². The normalized spacial score (nSPS) is 10.7. The summed E-state index contributed by atoms with van der Waals surface area (Å²) in [6.45, 7) is 2.01. The van der Waals surface area contributed by atoms with Crippen LogP contribution in [0.15, 0.2) is 65.1 Å². The second-order valence-corrected chi connectivity index (χ2v) is 7.64. The fraction of sp³-hybridized carbons (Fsp3) is 0.0870. The highest BCUT2D eigenvalue weighted by Gasteiger charge is 2.12. The van der Waals surface area contributed by atoms with E-state index in [0.29, 0.717) is 27.9 Å². The Kier molecular flexibility index (Phi) is 5.88. The first kappa shape index (κ1) is 20.8. The Labute approximate surface area is 189 Å². The van der Waals surface area contributed by atoms with E-state index in [-0.39, 0.29) is 11.0 Å². The van der Waals surface area contributed by atoms with Crippen LogP contribution >= 0.6 is 23.8 Å². The maximum absolute atomic E-state index is 12.4. The number of nitrogens with one attached hydrogen (secondary N) is 2. The third kappa shape index (κ3) is 4.68. The summed E-state index contributed by atoms with van der Waals surface area (Å²) in [5.74, 6) is 0.615. The first-order valence-electron chi connectivity index (χ1n) is 9.36. The lowest BCUT2D eigenvalue weighted by Crippen LogP contribution is -2.34. The van der Waals surface area contributed by atoms with Crippen molar-refractivity contribution in [2.24, 2.45) is 0 Å². The minimum Gasteiger partial charge on any atom is -0.495 e. The van der Waals surface area contributed by atoms with E-state index in [1.54, 1.807) is 12.1 Å². The lowest BCUT2D eigenvalue weighted by Gasteiger charge is -2.11. The van der Waals surface area contributed by atoms with Crippen molar-refractivity contribution in [1.82, 2.24) is 10.3 Å². The van der Waals surface area contributed by atoms with Crippen molar-refractivity contribution in [2.75, 3.05) is 12.4 Å². The number of ether oxygens (including phenoxy) is 1. The van der Waals surface area contributed by atoms with Crippen molar-refractivity contribution >= 4 is 51.6 Å². The summed E-state index contributed by atoms with van der Waals surface area (Å²) < 4.78 is 11.0. The van der Waals surface area contributed by atoms with E-state index in [1.807, 2.05) is 49.4 Å². The minimum absolute atomic E-state index is 0.155. The minimum atomic E-state index is -0.382. The molecular formula is C23H18ClN3O3S. The zero-order valence-corrected chi connectivity index (χ0v) is 18.3. The Hall–Kier alpha value is -3.42. The van der Waals surface area contributed by atoms with Gasteiger partial charge < -0.3 is 14.5 Å². The number of amides is 1. The fourth-order valence-electron chi connectivity index (χ4n) is 3.04. The highest BCUT2D eigenvalue weighted by Crippen LogP contribution is 2.27. The van der Waals surface area contributed by atoms with E-state index in [0.717, 1.165) is 22.2 Å². The van der Waals surface area contributed by atoms with E-state index in [2.05, 4.69) is 15.6 Å². The quantitative estimate of drug-likeness (QED) is 0.394. The van der Waals surface area contributed by atoms with E-state index < -0.39 is 0 Å². The van der Waals surface area contributed by atoms with Gasteiger partial charge in [0.25, 0.3) is 5.91 Å². The molecule has 0 saturated heterocycles. The third-order valence-electron chi connectivity index (χ3n) is 4.55. The predicted octanol–water partition coefficient (Wildman–Crippen LogP) is 5.59. The molecule has 0 atom stereocenters. The number of aromatic nitrogens is 1. The Morgan fingerprint density at radius 2 is 1.97 bits per heavy atom. The Bertz CT molecular complexity index is 1300. The molecule has 3 aromatic carbocycles. The van der Waals surface area contributed by atoms with Crippen LogP contribution in [-0.2, 0) is 0 Å². The molecule has 0 bridgehead atoms. The summed E-state index contributed by atoms with van der Waals surface area (Å²) >= 11 is 11.4. The Morgan fingerprint density at radius 1 is 1.13 bits per heavy atom. The van der Waals surface area contributed by atoms with Gasteiger partial charge >= 0.3 is 0 Å². The number of carbonyl (C=O) groups is 1. The first-order valence-corrected chi connectivity index (χ1v) is 10.1. The van der Waals surface area contributed by atoms with Crippen LogP contribution < -0.4 is 15.4 Å². The zero-order chi connectivity index (χ0) is 22.0. The number of halogens is 1. The molecule has 0 aliphatic heterocycles. The van der Waals surface area contributed by atoms with Gasteiger partial charge in [-0.2, -0.15) is 0 Å². The van der Waals surface area contributed by atoms with Crippen LogP contribution in [0.1, 0.15) is 15.9 Å². The van der Waals surface area contributed by atoms with Gasteiger partial charge in [-0.25, -0.2) is 4.98 Å². The second-order valence-electron chi connectivity index (χ2n) is 6.83. The number of methoxy groups -OCH3 is 1. The smallest absolute Gasteiger partial charge is 0.257 e. The summed E-state index contributed by atoms with van der Waals surface area (Å²) in [5, 5.41) is 6.14. The summed E-state index contributed by atoms with van der Waals surface area (Å²) in [5.41, 5.74) is 4.48. The van der Waals surface area contributed by atoms with Crippen LogP contribution in [0.4, 0.5) is 5.69 Å². The standard InChI is InChI=1S/C23H18ClN3O3S/c1-13-6-8-20-18(10-13)26-22(30-20)15-4-3-5-16(11-15)25-23(31)27-21(28)14-7-9-19(29-2)17(24)12-14/h3-12H,1-2H3,(H2,25,27,28,31). The number of rotatable bonds is 4. The van der Waals surface area contributed by atoms with Gasteiger partial charge in [-0.1, -0.05) is 23.7 Å². The SMILES string of the molecule is COc1ccc(C(=O)NC(=S)Nc2cccc(-c3nc4cc(C)ccc4o3)c2)cc1Cl. The maximum atomic E-state index is 12.4. The van der Waals surface area contributed by atoms with Gasteiger partial charge in [0, 0.05) is 16.8 Å². The van der Waals surface area contributed by atoms with Gasteiger partial charge in [0.1, 0.15) is 11.3 Å². The van der Waals surface area contributed by atoms with Crippen LogP contribution in [0.2, 0.25) is 5.02 Å². The number of aryl methyl sites for hydroxylation is 1. The molecular weight excluding hydrogens is 434 g/mol. The summed E-state index contributed by atoms with van der Waals surface area (Å²) in [7, 11) is 1.51. The summed E-state index contributed by atoms with van der Waals surface area (Å²) in [6.07, 6.45) is 0. The molecule has 0 aliphatic rings. The number of thiocarbonyl (C=S) groups is 1. The van der Waals surface area contributed by atoms with Crippen LogP contribution in [0.5, 0.6) is 5.75 Å². The molecule has 156 valence electrons. The van der Waals surface area contributed by atoms with Crippen molar-refractivity contribution < 1.29 is 13.9 Å². The first-order chi connectivity index (χ1) is 14.9. The molecule has 0 fully saturated rings. The molecule has 2 N–H and O–H groups in total. The van der Waals surface area contributed by atoms with Crippen molar-refractivity contribution in [2.45, 2.75) is 6.92 Å². The van der Waals surface area contributed by atoms with Gasteiger partial charge in [0.2, 0.25) is 5.89 Å². The van der Waals surface area contributed by atoms with Gasteiger partial charge in [-0.3, -0.25) is 10.1 Å². The van der Waals surface area contributed by atoms with E-state index >= 15 is 0 Å². The lowest BCUT2D eigenvalue weighted by molar-refractivity contribution is 0.0977. The number of oxazole rings is 1. The molecule has 4 aromatic rings. The molecule has 0 saturated carbocycles. The molecule has 0 spiro atoms. The number of carbonyl (C=O) groups excluding carboxylic acids is 1. The fourth-order valence-corrected chi connectivity index (χ4v) is 3.50. The molecule has 4 rings (SSSR count). The predicted molar refractivity (Wildman–Crippen MR) is 126 cm³/mol. The maximum Gasteiger partial charge on any atom is 0.257 e.